The van der Waals surface area contributed by atoms with Crippen molar-refractivity contribution in [2.75, 3.05) is 6.54 Å². The van der Waals surface area contributed by atoms with Crippen LogP contribution in [0.3, 0.4) is 0 Å². The fourth-order valence-electron chi connectivity index (χ4n) is 4.14. The van der Waals surface area contributed by atoms with Crippen LogP contribution in [-0.2, 0) is 9.53 Å². The number of amides is 1. The van der Waals surface area contributed by atoms with Gasteiger partial charge in [-0.25, -0.2) is 4.79 Å². The molecule has 1 aliphatic heterocycles. The third-order valence-corrected chi connectivity index (χ3v) is 4.86. The van der Waals surface area contributed by atoms with Gasteiger partial charge in [0.2, 0.25) is 0 Å². The quantitative estimate of drug-likeness (QED) is 0.682. The number of ketones is 1. The normalized spacial score (nSPS) is 32.8. The number of rotatable bonds is 0. The molecule has 1 saturated carbocycles. The van der Waals surface area contributed by atoms with Crippen molar-refractivity contribution in [1.29, 1.82) is 0 Å². The second-order valence-corrected chi connectivity index (χ2v) is 7.24. The van der Waals surface area contributed by atoms with Crippen LogP contribution < -0.4 is 0 Å². The summed E-state index contributed by atoms with van der Waals surface area (Å²) in [5.74, 6) is 0.493. The minimum absolute atomic E-state index is 0.0633. The first-order valence-electron chi connectivity index (χ1n) is 7.57. The van der Waals surface area contributed by atoms with Crippen molar-refractivity contribution in [3.63, 3.8) is 0 Å². The first-order chi connectivity index (χ1) is 9.33. The number of hydrogen-bond donors (Lipinski definition) is 0. The molecule has 0 N–H and O–H groups in total. The molecule has 4 nitrogen and oxygen atoms in total. The molecule has 0 aromatic rings. The molecular formula is C16H23NO3. The van der Waals surface area contributed by atoms with Crippen molar-refractivity contribution in [3.8, 4) is 0 Å². The number of allylic oxidation sites excluding steroid dienone is 2. The highest BCUT2D eigenvalue weighted by atomic mass is 16.6. The zero-order valence-corrected chi connectivity index (χ0v) is 12.6. The summed E-state index contributed by atoms with van der Waals surface area (Å²) in [6.45, 7) is 6.33. The van der Waals surface area contributed by atoms with Crippen LogP contribution in [0.15, 0.2) is 11.8 Å². The van der Waals surface area contributed by atoms with Crippen molar-refractivity contribution >= 4 is 11.9 Å². The molecule has 2 fully saturated rings. The van der Waals surface area contributed by atoms with Gasteiger partial charge in [0.15, 0.2) is 0 Å². The van der Waals surface area contributed by atoms with Gasteiger partial charge in [-0.3, -0.25) is 9.69 Å². The second kappa shape index (κ2) is 4.34. The minimum Gasteiger partial charge on any atom is -0.443 e. The molecule has 20 heavy (non-hydrogen) atoms. The van der Waals surface area contributed by atoms with Crippen molar-refractivity contribution in [2.45, 2.75) is 58.5 Å². The lowest BCUT2D eigenvalue weighted by Crippen LogP contribution is -2.39. The lowest BCUT2D eigenvalue weighted by molar-refractivity contribution is -0.125. The summed E-state index contributed by atoms with van der Waals surface area (Å²) in [6.07, 6.45) is 6.21. The number of Topliss-reactive ketones (excluding diaryl/α,β-unsaturated/α-hetero) is 1. The Kier molecular flexibility index (Phi) is 2.96. The SMILES string of the molecule is CC(C)(C)OC(=O)N1CCC23CCCC2C(=O)CC=C13. The maximum Gasteiger partial charge on any atom is 0.414 e. The van der Waals surface area contributed by atoms with Crippen molar-refractivity contribution < 1.29 is 14.3 Å². The molecule has 1 saturated heterocycles. The molecule has 4 heteroatoms. The largest absolute Gasteiger partial charge is 0.443 e. The second-order valence-electron chi connectivity index (χ2n) is 7.24. The van der Waals surface area contributed by atoms with Gasteiger partial charge in [0.05, 0.1) is 0 Å². The van der Waals surface area contributed by atoms with E-state index < -0.39 is 5.60 Å². The Morgan fingerprint density at radius 1 is 1.40 bits per heavy atom. The van der Waals surface area contributed by atoms with Gasteiger partial charge in [0.25, 0.3) is 0 Å². The molecular weight excluding hydrogens is 254 g/mol. The molecule has 1 spiro atoms. The summed E-state index contributed by atoms with van der Waals surface area (Å²) in [5.41, 5.74) is 0.521. The molecule has 2 aliphatic carbocycles. The van der Waals surface area contributed by atoms with E-state index in [0.29, 0.717) is 18.7 Å². The molecule has 110 valence electrons. The van der Waals surface area contributed by atoms with E-state index in [0.717, 1.165) is 31.4 Å². The average molecular weight is 277 g/mol. The van der Waals surface area contributed by atoms with E-state index in [4.69, 9.17) is 4.74 Å². The highest BCUT2D eigenvalue weighted by Gasteiger charge is 2.56. The van der Waals surface area contributed by atoms with Gasteiger partial charge >= 0.3 is 6.09 Å². The van der Waals surface area contributed by atoms with Crippen LogP contribution in [0, 0.1) is 11.3 Å². The number of carbonyl (C=O) groups excluding carboxylic acids is 2. The minimum atomic E-state index is -0.479. The van der Waals surface area contributed by atoms with Crippen LogP contribution in [0.2, 0.25) is 0 Å². The molecule has 0 aromatic heterocycles. The van der Waals surface area contributed by atoms with Crippen LogP contribution in [0.5, 0.6) is 0 Å². The van der Waals surface area contributed by atoms with Crippen LogP contribution in [-0.4, -0.2) is 28.9 Å². The summed E-state index contributed by atoms with van der Waals surface area (Å²) in [5, 5.41) is 0. The average Bonchev–Trinajstić information content (AvgIpc) is 2.90. The topological polar surface area (TPSA) is 46.6 Å². The highest BCUT2D eigenvalue weighted by Crippen LogP contribution is 2.58. The maximum absolute atomic E-state index is 12.4. The fourth-order valence-corrected chi connectivity index (χ4v) is 4.14. The van der Waals surface area contributed by atoms with E-state index in [1.54, 1.807) is 4.90 Å². The first kappa shape index (κ1) is 13.7. The monoisotopic (exact) mass is 277 g/mol. The van der Waals surface area contributed by atoms with Crippen molar-refractivity contribution in [2.24, 2.45) is 11.3 Å². The number of ether oxygens (including phenoxy) is 1. The van der Waals surface area contributed by atoms with Gasteiger partial charge in [-0.2, -0.15) is 0 Å². The number of hydrogen-bond acceptors (Lipinski definition) is 3. The Hall–Kier alpha value is -1.32. The zero-order chi connectivity index (χ0) is 14.5. The van der Waals surface area contributed by atoms with E-state index in [9.17, 15) is 9.59 Å². The molecule has 0 bridgehead atoms. The zero-order valence-electron chi connectivity index (χ0n) is 12.6. The summed E-state index contributed by atoms with van der Waals surface area (Å²) in [6, 6.07) is 0. The van der Waals surface area contributed by atoms with E-state index in [1.807, 2.05) is 26.8 Å². The summed E-state index contributed by atoms with van der Waals surface area (Å²) in [7, 11) is 0. The third-order valence-electron chi connectivity index (χ3n) is 4.86. The van der Waals surface area contributed by atoms with Gasteiger partial charge in [-0.05, 0) is 40.0 Å². The Balaban J connectivity index is 1.87. The molecule has 3 aliphatic rings. The van der Waals surface area contributed by atoms with Gasteiger partial charge in [0.1, 0.15) is 11.4 Å². The number of likely N-dealkylation sites (tertiary alicyclic amines) is 1. The van der Waals surface area contributed by atoms with E-state index >= 15 is 0 Å². The van der Waals surface area contributed by atoms with Crippen LogP contribution in [0.25, 0.3) is 0 Å². The summed E-state index contributed by atoms with van der Waals surface area (Å²) in [4.78, 5) is 26.3. The summed E-state index contributed by atoms with van der Waals surface area (Å²) >= 11 is 0. The molecule has 2 atom stereocenters. The predicted molar refractivity (Wildman–Crippen MR) is 75.0 cm³/mol. The van der Waals surface area contributed by atoms with Gasteiger partial charge in [-0.15, -0.1) is 0 Å². The van der Waals surface area contributed by atoms with E-state index in [2.05, 4.69) is 0 Å². The molecule has 2 unspecified atom stereocenters. The van der Waals surface area contributed by atoms with Crippen LogP contribution >= 0.6 is 0 Å². The standard InChI is InChI=1S/C16H23NO3/c1-15(2,3)20-14(19)17-10-9-16-8-4-5-11(16)12(18)6-7-13(16)17/h7,11H,4-6,8-10H2,1-3H3. The number of nitrogens with zero attached hydrogens (tertiary/aromatic N) is 1. The smallest absolute Gasteiger partial charge is 0.414 e. The first-order valence-corrected chi connectivity index (χ1v) is 7.57. The lowest BCUT2D eigenvalue weighted by Gasteiger charge is -2.36. The van der Waals surface area contributed by atoms with E-state index in [1.165, 1.54) is 0 Å². The molecule has 0 radical (unpaired) electrons. The molecule has 0 aromatic carbocycles. The predicted octanol–water partition coefficient (Wildman–Crippen LogP) is 3.27. The van der Waals surface area contributed by atoms with Gasteiger partial charge in [-0.1, -0.05) is 12.5 Å². The fraction of sp³-hybridized carbons (Fsp3) is 0.750. The Morgan fingerprint density at radius 3 is 2.85 bits per heavy atom. The summed E-state index contributed by atoms with van der Waals surface area (Å²) < 4.78 is 5.50. The highest BCUT2D eigenvalue weighted by molar-refractivity contribution is 5.87. The van der Waals surface area contributed by atoms with E-state index in [-0.39, 0.29) is 17.4 Å². The Morgan fingerprint density at radius 2 is 2.15 bits per heavy atom. The van der Waals surface area contributed by atoms with Gasteiger partial charge < -0.3 is 4.74 Å². The Bertz CT molecular complexity index is 488. The maximum atomic E-state index is 12.4. The third kappa shape index (κ3) is 1.97. The van der Waals surface area contributed by atoms with Crippen LogP contribution in [0.4, 0.5) is 4.79 Å². The molecule has 1 heterocycles. The van der Waals surface area contributed by atoms with Crippen molar-refractivity contribution in [1.82, 2.24) is 4.90 Å². The van der Waals surface area contributed by atoms with Gasteiger partial charge in [0, 0.05) is 30.0 Å². The Labute approximate surface area is 120 Å². The van der Waals surface area contributed by atoms with Crippen molar-refractivity contribution in [3.05, 3.63) is 11.8 Å². The number of carbonyl (C=O) groups is 2. The lowest BCUT2D eigenvalue weighted by atomic mass is 9.69. The molecule has 3 rings (SSSR count). The molecule has 1 amide bonds. The van der Waals surface area contributed by atoms with Crippen LogP contribution in [0.1, 0.15) is 52.9 Å².